The number of ketones is 1. The number of halogens is 1. The minimum absolute atomic E-state index is 0. The van der Waals surface area contributed by atoms with E-state index in [2.05, 4.69) is 5.32 Å². The minimum Gasteiger partial charge on any atom is -0.507 e. The lowest BCUT2D eigenvalue weighted by molar-refractivity contribution is -0.160. The molecule has 66 heavy (non-hydrogen) atoms. The van der Waals surface area contributed by atoms with Gasteiger partial charge in [0.05, 0.1) is 41.2 Å². The number of aliphatic hydroxyl groups excluding tert-OH is 2. The number of phenols is 3. The zero-order valence-electron chi connectivity index (χ0n) is 34.5. The van der Waals surface area contributed by atoms with E-state index in [4.69, 9.17) is 24.7 Å². The number of amides is 1. The second-order valence-corrected chi connectivity index (χ2v) is 14.2. The maximum atomic E-state index is 14.2. The van der Waals surface area contributed by atoms with Gasteiger partial charge in [-0.05, 0) is 32.9 Å². The van der Waals surface area contributed by atoms with Gasteiger partial charge in [0.1, 0.15) is 23.4 Å². The highest BCUT2D eigenvalue weighted by Crippen LogP contribution is 2.55. The summed E-state index contributed by atoms with van der Waals surface area (Å²) in [5.41, 5.74) is 5.77. The summed E-state index contributed by atoms with van der Waals surface area (Å²) in [4.78, 5) is 39.9. The van der Waals surface area contributed by atoms with E-state index in [0.717, 1.165) is 0 Å². The van der Waals surface area contributed by atoms with Gasteiger partial charge in [-0.3, -0.25) is 14.4 Å². The fourth-order valence-electron chi connectivity index (χ4n) is 7.17. The molecule has 0 aromatic heterocycles. The van der Waals surface area contributed by atoms with Crippen LogP contribution in [0.1, 0.15) is 122 Å². The third-order valence-electron chi connectivity index (χ3n) is 10.5. The molecule has 2 aromatic carbocycles. The van der Waals surface area contributed by atoms with E-state index in [-0.39, 0.29) is 189 Å². The van der Waals surface area contributed by atoms with Gasteiger partial charge in [0.25, 0.3) is 11.7 Å². The van der Waals surface area contributed by atoms with E-state index in [0.29, 0.717) is 0 Å². The summed E-state index contributed by atoms with van der Waals surface area (Å²) < 4.78 is 23.4. The lowest BCUT2D eigenvalue weighted by Crippen LogP contribution is -2.46. The molecule has 3 aliphatic heterocycles. The monoisotopic (exact) mass is 1060 g/mol. The molecule has 8 N–H and O–H groups in total. The molecule has 14 nitrogen and oxygen atoms in total. The number of Topliss-reactive ketones (excluding diaryl/α,β-unsaturated/α-hetero) is 1. The van der Waals surface area contributed by atoms with Crippen LogP contribution in [0.25, 0.3) is 10.8 Å². The Labute approximate surface area is 438 Å². The number of aromatic hydroxyl groups is 3. The summed E-state index contributed by atoms with van der Waals surface area (Å²) in [6, 6.07) is 0. The number of hydrogen-bond donors (Lipinski definition) is 7. The molecule has 5 rings (SSSR count). The standard InChI is InChI=1S/C39H52N2O12.7CH4.ClH.5H2S/c1-17-11-10-12-18(2)38(49)41-29-24(13-15-40)33(46)26-27(34(29)47)32(45)22(6)36-28(26)37(48)39(8,53-36)51-16-14-25(50-9)19(3)35(52-23(7)42)21(5)31(44)20(4)30(17)43;;;;;;;;;;;;;/h10-12,14,16-17,19-21,25,30-31,35,43-47H,13,15,40H2,1-9H3,(H,41,49);7*1H4;1H;5*1H2/b11-10+,16-14+,18-12-;;;;;;;;;;;;;/t17-,19+,20+,21+,25-,30-,31+,35+,39-;;;;;;;;;;;;;/m0............./s1. The fraction of sp³-hybridized carbons (Fsp3) is 0.587. The van der Waals surface area contributed by atoms with Crippen LogP contribution in [-0.2, 0) is 30.2 Å². The Hall–Kier alpha value is -2.59. The third-order valence-corrected chi connectivity index (χ3v) is 10.5. The first kappa shape index (κ1) is 86.6. The molecule has 0 fully saturated rings. The minimum atomic E-state index is -2.01. The first-order valence-electron chi connectivity index (χ1n) is 17.6. The number of rotatable bonds is 4. The molecule has 5 bridgehead atoms. The number of fused-ring (bicyclic) bond motifs is 14. The van der Waals surface area contributed by atoms with Crippen molar-refractivity contribution in [3.63, 3.8) is 0 Å². The van der Waals surface area contributed by atoms with E-state index in [9.17, 15) is 39.9 Å². The second-order valence-electron chi connectivity index (χ2n) is 14.2. The summed E-state index contributed by atoms with van der Waals surface area (Å²) in [6.45, 7) is 12.5. The van der Waals surface area contributed by atoms with E-state index in [1.807, 2.05) is 0 Å². The molecule has 0 radical (unpaired) electrons. The van der Waals surface area contributed by atoms with Gasteiger partial charge in [0.15, 0.2) is 5.75 Å². The summed E-state index contributed by atoms with van der Waals surface area (Å²) in [5, 5.41) is 59.5. The number of nitrogens with one attached hydrogen (secondary N) is 1. The number of methoxy groups -OCH3 is 1. The van der Waals surface area contributed by atoms with Crippen molar-refractivity contribution in [3.05, 3.63) is 52.8 Å². The molecule has 0 saturated heterocycles. The molecule has 3 heterocycles. The molecule has 3 aliphatic rings. The fourth-order valence-corrected chi connectivity index (χ4v) is 7.17. The molecule has 1 amide bonds. The topological polar surface area (TPSA) is 227 Å². The number of esters is 1. The first-order chi connectivity index (χ1) is 24.8. The summed E-state index contributed by atoms with van der Waals surface area (Å²) >= 11 is 0. The van der Waals surface area contributed by atoms with Crippen LogP contribution in [0.5, 0.6) is 23.0 Å². The quantitative estimate of drug-likeness (QED) is 0.0861. The zero-order valence-corrected chi connectivity index (χ0v) is 40.3. The van der Waals surface area contributed by atoms with Crippen molar-refractivity contribution in [2.24, 2.45) is 29.4 Å². The number of carbonyl (C=O) groups excluding carboxylic acids is 3. The average molecular weight is 1060 g/mol. The number of nitrogens with two attached hydrogens (primary N) is 1. The summed E-state index contributed by atoms with van der Waals surface area (Å²) in [5.74, 6) is -8.13. The van der Waals surface area contributed by atoms with Crippen molar-refractivity contribution in [3.8, 4) is 23.0 Å². The average Bonchev–Trinajstić information content (AvgIpc) is 3.38. The Balaban J connectivity index is -0.000000302. The van der Waals surface area contributed by atoms with Crippen molar-refractivity contribution in [1.29, 1.82) is 0 Å². The molecule has 0 unspecified atom stereocenters. The van der Waals surface area contributed by atoms with Gasteiger partial charge >= 0.3 is 11.8 Å². The largest absolute Gasteiger partial charge is 0.507 e. The molecule has 0 saturated carbocycles. The smallest absolute Gasteiger partial charge is 0.312 e. The van der Waals surface area contributed by atoms with Crippen molar-refractivity contribution in [2.75, 3.05) is 19.0 Å². The molecule has 0 aliphatic carbocycles. The second kappa shape index (κ2) is 35.5. The highest BCUT2D eigenvalue weighted by atomic mass is 35.5. The van der Waals surface area contributed by atoms with Gasteiger partial charge in [0.2, 0.25) is 0 Å². The molecule has 20 heteroatoms. The molecule has 0 spiro atoms. The number of phenolic OH excluding ortho intramolecular Hbond substituents is 3. The Morgan fingerprint density at radius 3 is 1.83 bits per heavy atom. The van der Waals surface area contributed by atoms with E-state index < -0.39 is 88.8 Å². The van der Waals surface area contributed by atoms with Gasteiger partial charge in [-0.25, -0.2) is 0 Å². The molecule has 2 aromatic rings. The summed E-state index contributed by atoms with van der Waals surface area (Å²) in [6.07, 6.45) is 3.53. The predicted octanol–water partition coefficient (Wildman–Crippen LogP) is 9.69. The number of hydrogen-bond acceptors (Lipinski definition) is 13. The maximum absolute atomic E-state index is 14.2. The van der Waals surface area contributed by atoms with Crippen LogP contribution in [0.2, 0.25) is 0 Å². The number of aliphatic hydroxyl groups is 2. The molecule has 394 valence electrons. The van der Waals surface area contributed by atoms with Gasteiger partial charge in [-0.15, -0.1) is 12.4 Å². The lowest BCUT2D eigenvalue weighted by Gasteiger charge is -2.38. The number of allylic oxidation sites excluding steroid dienone is 2. The van der Waals surface area contributed by atoms with Crippen molar-refractivity contribution in [1.82, 2.24) is 0 Å². The molecular weight excluding hydrogens is 968 g/mol. The van der Waals surface area contributed by atoms with Gasteiger partial charge in [0, 0.05) is 66.7 Å². The maximum Gasteiger partial charge on any atom is 0.312 e. The lowest BCUT2D eigenvalue weighted by atomic mass is 9.78. The van der Waals surface area contributed by atoms with E-state index in [1.165, 1.54) is 53.2 Å². The zero-order chi connectivity index (χ0) is 39.7. The van der Waals surface area contributed by atoms with Crippen LogP contribution in [-0.4, -0.2) is 87.0 Å². The normalized spacial score (nSPS) is 25.7. The van der Waals surface area contributed by atoms with E-state index in [1.54, 1.807) is 39.8 Å². The van der Waals surface area contributed by atoms with Crippen LogP contribution in [0, 0.1) is 30.6 Å². The van der Waals surface area contributed by atoms with Crippen molar-refractivity contribution in [2.45, 2.75) is 144 Å². The first-order valence-corrected chi connectivity index (χ1v) is 17.6. The van der Waals surface area contributed by atoms with Crippen LogP contribution >= 0.6 is 79.9 Å². The van der Waals surface area contributed by atoms with Crippen molar-refractivity contribution < 1.29 is 58.9 Å². The third kappa shape index (κ3) is 17.1. The van der Waals surface area contributed by atoms with Crippen LogP contribution < -0.4 is 15.8 Å². The van der Waals surface area contributed by atoms with Crippen LogP contribution in [0.3, 0.4) is 0 Å². The van der Waals surface area contributed by atoms with Gasteiger partial charge < -0.3 is 55.5 Å². The Bertz CT molecular complexity index is 1890. The van der Waals surface area contributed by atoms with Crippen LogP contribution in [0.15, 0.2) is 36.1 Å². The van der Waals surface area contributed by atoms with E-state index >= 15 is 0 Å². The Morgan fingerprint density at radius 1 is 0.818 bits per heavy atom. The van der Waals surface area contributed by atoms with Gasteiger partial charge in [-0.2, -0.15) is 67.5 Å². The Morgan fingerprint density at radius 2 is 1.35 bits per heavy atom. The number of ether oxygens (including phenoxy) is 4. The van der Waals surface area contributed by atoms with Gasteiger partial charge in [-0.1, -0.05) is 97.9 Å². The van der Waals surface area contributed by atoms with Crippen LogP contribution in [0.4, 0.5) is 5.69 Å². The number of carbonyl (C=O) groups is 3. The molecular formula is C46H91ClN2O12S5. The highest BCUT2D eigenvalue weighted by Gasteiger charge is 2.50. The number of anilines is 1. The SMILES string of the molecule is C.C.C.C.C.C.C.CO[C@H]1/C=C/O[C@@]2(C)Oc3c(C)c(O)c4c(O)c(c(CCN)c(O)c4c3C2=O)NC(=O)/C(C)=C\C=C\[C@H](C)[C@H](O)[C@@H](C)[C@@H](O)[C@@H](C)[C@H](OC(C)=O)[C@@H]1C.Cl.S.S.S.S.S. The van der Waals surface area contributed by atoms with Crippen molar-refractivity contribution >= 4 is 114 Å². The highest BCUT2D eigenvalue weighted by molar-refractivity contribution is 7.60. The number of benzene rings is 2. The molecule has 9 atom stereocenters. The predicted molar refractivity (Wildman–Crippen MR) is 303 cm³/mol. The Kier molecular flexibility index (Phi) is 46.6. The summed E-state index contributed by atoms with van der Waals surface area (Å²) in [7, 11) is 1.43.